The summed E-state index contributed by atoms with van der Waals surface area (Å²) in [5.74, 6) is -3.21. The van der Waals surface area contributed by atoms with Crippen LogP contribution in [0.15, 0.2) is 36.4 Å². The molecule has 2 aliphatic rings. The fourth-order valence-electron chi connectivity index (χ4n) is 5.42. The number of carboxylic acid groups (broad SMARTS) is 1. The monoisotopic (exact) mass is 395 g/mol. The maximum Gasteiger partial charge on any atom is 0.328 e. The molecule has 3 atom stereocenters. The van der Waals surface area contributed by atoms with Gasteiger partial charge in [0, 0.05) is 11.5 Å². The van der Waals surface area contributed by atoms with E-state index in [0.29, 0.717) is 12.1 Å². The van der Waals surface area contributed by atoms with Gasteiger partial charge in [-0.1, -0.05) is 26.0 Å². The highest BCUT2D eigenvalue weighted by Crippen LogP contribution is 2.70. The van der Waals surface area contributed by atoms with Crippen LogP contribution in [0.3, 0.4) is 0 Å². The summed E-state index contributed by atoms with van der Waals surface area (Å²) in [5.41, 5.74) is 0.262. The van der Waals surface area contributed by atoms with Crippen LogP contribution in [0.2, 0.25) is 0 Å². The molecule has 1 fully saturated rings. The summed E-state index contributed by atoms with van der Waals surface area (Å²) in [6.45, 7) is 4.07. The van der Waals surface area contributed by atoms with Crippen molar-refractivity contribution in [2.45, 2.75) is 38.0 Å². The van der Waals surface area contributed by atoms with Crippen LogP contribution < -0.4 is 0 Å². The molecule has 0 radical (unpaired) electrons. The zero-order chi connectivity index (χ0) is 21.0. The number of aromatic nitrogens is 2. The maximum absolute atomic E-state index is 14.2. The number of hydrogen-bond donors (Lipinski definition) is 1. The molecule has 2 aliphatic carbocycles. The molecular formula is C22H19F2N3O2. The number of benzene rings is 1. The molecule has 29 heavy (non-hydrogen) atoms. The van der Waals surface area contributed by atoms with E-state index < -0.39 is 28.9 Å². The van der Waals surface area contributed by atoms with Crippen molar-refractivity contribution in [1.29, 1.82) is 5.26 Å². The molecule has 1 saturated carbocycles. The molecule has 1 heterocycles. The number of fused-ring (bicyclic) bond motifs is 5. The Morgan fingerprint density at radius 1 is 1.34 bits per heavy atom. The summed E-state index contributed by atoms with van der Waals surface area (Å²) in [6, 6.07) is 7.55. The first-order valence-electron chi connectivity index (χ1n) is 9.37. The van der Waals surface area contributed by atoms with Crippen LogP contribution in [-0.4, -0.2) is 21.3 Å². The van der Waals surface area contributed by atoms with E-state index in [2.05, 4.69) is 16.3 Å². The summed E-state index contributed by atoms with van der Waals surface area (Å²) in [5, 5.41) is 27.3. The summed E-state index contributed by atoms with van der Waals surface area (Å²) >= 11 is 0. The van der Waals surface area contributed by atoms with Gasteiger partial charge in [0.05, 0.1) is 28.9 Å². The van der Waals surface area contributed by atoms with E-state index in [1.165, 1.54) is 24.3 Å². The minimum absolute atomic E-state index is 0.0377. The van der Waals surface area contributed by atoms with Gasteiger partial charge in [0.1, 0.15) is 11.6 Å². The predicted octanol–water partition coefficient (Wildman–Crippen LogP) is 4.36. The fraction of sp³-hybridized carbons (Fsp3) is 0.364. The summed E-state index contributed by atoms with van der Waals surface area (Å²) in [4.78, 5) is 11.0. The van der Waals surface area contributed by atoms with Gasteiger partial charge in [-0.25, -0.2) is 13.6 Å². The van der Waals surface area contributed by atoms with Gasteiger partial charge in [-0.2, -0.15) is 15.5 Å². The molecule has 4 rings (SSSR count). The zero-order valence-corrected chi connectivity index (χ0v) is 16.0. The standard InChI is InChI=1S/C22H19F2N3O2/c1-21(2)14-8-9-22(21,12(11-25)6-7-18(28)29)20-13(14)10-17(26-27-20)19-15(23)4-3-5-16(19)24/h3-7,10,12,14H,8-9H2,1-2H3,(H,28,29)/b7-6+/t12?,14-,22-/m0/s1. The highest BCUT2D eigenvalue weighted by Gasteiger charge is 2.66. The molecule has 0 aliphatic heterocycles. The van der Waals surface area contributed by atoms with Crippen LogP contribution in [-0.2, 0) is 10.2 Å². The first-order valence-corrected chi connectivity index (χ1v) is 9.37. The van der Waals surface area contributed by atoms with Gasteiger partial charge in [-0.3, -0.25) is 0 Å². The van der Waals surface area contributed by atoms with Gasteiger partial charge < -0.3 is 5.11 Å². The number of carboxylic acids is 1. The molecule has 0 spiro atoms. The summed E-state index contributed by atoms with van der Waals surface area (Å²) < 4.78 is 28.5. The van der Waals surface area contributed by atoms with Gasteiger partial charge in [0.15, 0.2) is 0 Å². The molecule has 148 valence electrons. The van der Waals surface area contributed by atoms with E-state index >= 15 is 0 Å². The van der Waals surface area contributed by atoms with Crippen LogP contribution in [0.4, 0.5) is 8.78 Å². The number of aliphatic carboxylic acids is 1. The molecule has 2 bridgehead atoms. The van der Waals surface area contributed by atoms with Crippen molar-refractivity contribution < 1.29 is 18.7 Å². The lowest BCUT2D eigenvalue weighted by molar-refractivity contribution is -0.131. The highest BCUT2D eigenvalue weighted by molar-refractivity contribution is 5.80. The largest absolute Gasteiger partial charge is 0.478 e. The molecular weight excluding hydrogens is 376 g/mol. The molecule has 5 nitrogen and oxygen atoms in total. The van der Waals surface area contributed by atoms with Crippen molar-refractivity contribution >= 4 is 5.97 Å². The van der Waals surface area contributed by atoms with E-state index in [0.717, 1.165) is 18.1 Å². The summed E-state index contributed by atoms with van der Waals surface area (Å²) in [6.07, 6.45) is 3.85. The van der Waals surface area contributed by atoms with Gasteiger partial charge in [-0.05, 0) is 47.9 Å². The van der Waals surface area contributed by atoms with Crippen LogP contribution >= 0.6 is 0 Å². The van der Waals surface area contributed by atoms with Crippen molar-refractivity contribution in [3.8, 4) is 17.3 Å². The Kier molecular flexibility index (Phi) is 4.26. The Hall–Kier alpha value is -3.14. The number of hydrogen-bond acceptors (Lipinski definition) is 4. The van der Waals surface area contributed by atoms with Crippen molar-refractivity contribution in [2.24, 2.45) is 11.3 Å². The molecule has 1 aromatic heterocycles. The van der Waals surface area contributed by atoms with E-state index in [4.69, 9.17) is 5.11 Å². The number of halogens is 2. The van der Waals surface area contributed by atoms with E-state index in [-0.39, 0.29) is 22.6 Å². The Morgan fingerprint density at radius 2 is 2.03 bits per heavy atom. The normalized spacial score (nSPS) is 25.0. The van der Waals surface area contributed by atoms with Crippen LogP contribution in [0.25, 0.3) is 11.3 Å². The molecule has 1 N–H and O–H groups in total. The lowest BCUT2D eigenvalue weighted by atomic mass is 9.61. The molecule has 1 unspecified atom stereocenters. The average molecular weight is 395 g/mol. The number of rotatable bonds is 4. The van der Waals surface area contributed by atoms with Crippen LogP contribution in [0, 0.1) is 34.3 Å². The molecule has 2 aromatic rings. The minimum atomic E-state index is -1.12. The Morgan fingerprint density at radius 3 is 2.66 bits per heavy atom. The third-order valence-electron chi connectivity index (χ3n) is 6.79. The summed E-state index contributed by atoms with van der Waals surface area (Å²) in [7, 11) is 0. The second kappa shape index (κ2) is 6.45. The van der Waals surface area contributed by atoms with Crippen molar-refractivity contribution in [3.05, 3.63) is 59.3 Å². The maximum atomic E-state index is 14.2. The first kappa shape index (κ1) is 19.2. The fourth-order valence-corrected chi connectivity index (χ4v) is 5.42. The number of carbonyl (C=O) groups is 1. The van der Waals surface area contributed by atoms with Crippen LogP contribution in [0.5, 0.6) is 0 Å². The Bertz CT molecular complexity index is 1070. The van der Waals surface area contributed by atoms with Gasteiger partial charge in [0.25, 0.3) is 0 Å². The Balaban J connectivity index is 1.89. The third kappa shape index (κ3) is 2.52. The topological polar surface area (TPSA) is 86.9 Å². The lowest BCUT2D eigenvalue weighted by Crippen LogP contribution is -2.41. The molecule has 0 amide bonds. The third-order valence-corrected chi connectivity index (χ3v) is 6.79. The minimum Gasteiger partial charge on any atom is -0.478 e. The van der Waals surface area contributed by atoms with Gasteiger partial charge >= 0.3 is 5.97 Å². The van der Waals surface area contributed by atoms with Gasteiger partial charge in [-0.15, -0.1) is 0 Å². The zero-order valence-electron chi connectivity index (χ0n) is 16.0. The number of allylic oxidation sites excluding steroid dienone is 1. The van der Waals surface area contributed by atoms with E-state index in [9.17, 15) is 18.8 Å². The number of nitriles is 1. The van der Waals surface area contributed by atoms with Crippen LogP contribution in [0.1, 0.15) is 43.9 Å². The molecule has 1 aromatic carbocycles. The lowest BCUT2D eigenvalue weighted by Gasteiger charge is -2.40. The van der Waals surface area contributed by atoms with Crippen molar-refractivity contribution in [2.75, 3.05) is 0 Å². The van der Waals surface area contributed by atoms with E-state index in [1.807, 2.05) is 13.8 Å². The quantitative estimate of drug-likeness (QED) is 0.778. The van der Waals surface area contributed by atoms with Crippen molar-refractivity contribution in [1.82, 2.24) is 10.2 Å². The smallest absolute Gasteiger partial charge is 0.328 e. The van der Waals surface area contributed by atoms with Crippen molar-refractivity contribution in [3.63, 3.8) is 0 Å². The molecule has 0 saturated heterocycles. The SMILES string of the molecule is CC1(C)[C@H]2CC[C@]1(C(C#N)/C=C/C(=O)O)c1nnc(-c3c(F)cccc3F)cc12. The second-order valence-corrected chi connectivity index (χ2v) is 8.22. The van der Waals surface area contributed by atoms with E-state index in [1.54, 1.807) is 6.07 Å². The Labute approximate surface area is 166 Å². The average Bonchev–Trinajstić information content (AvgIpc) is 3.03. The number of nitrogens with zero attached hydrogens (tertiary/aromatic N) is 3. The highest BCUT2D eigenvalue weighted by atomic mass is 19.1. The second-order valence-electron chi connectivity index (χ2n) is 8.22. The molecule has 7 heteroatoms. The van der Waals surface area contributed by atoms with Gasteiger partial charge in [0.2, 0.25) is 0 Å². The predicted molar refractivity (Wildman–Crippen MR) is 101 cm³/mol. The first-order chi connectivity index (χ1) is 13.7.